The van der Waals surface area contributed by atoms with E-state index >= 15 is 0 Å². The van der Waals surface area contributed by atoms with Gasteiger partial charge in [0.2, 0.25) is 10.0 Å². The van der Waals surface area contributed by atoms with E-state index in [1.165, 1.54) is 33.8 Å². The van der Waals surface area contributed by atoms with Gasteiger partial charge in [0.25, 0.3) is 5.91 Å². The predicted octanol–water partition coefficient (Wildman–Crippen LogP) is 3.38. The van der Waals surface area contributed by atoms with E-state index in [9.17, 15) is 17.6 Å². The molecule has 2 aromatic carbocycles. The van der Waals surface area contributed by atoms with Crippen LogP contribution in [0, 0.1) is 5.82 Å². The smallest absolute Gasteiger partial charge is 0.253 e. The number of piperidine rings is 1. The number of amides is 1. The summed E-state index contributed by atoms with van der Waals surface area (Å²) in [5.74, 6) is -0.467. The highest BCUT2D eigenvalue weighted by molar-refractivity contribution is 7.89. The summed E-state index contributed by atoms with van der Waals surface area (Å²) in [4.78, 5) is 15.1. The second-order valence-electron chi connectivity index (χ2n) is 8.56. The monoisotopic (exact) mass is 516 g/mol. The van der Waals surface area contributed by atoms with Crippen LogP contribution in [0.2, 0.25) is 0 Å². The molecule has 11 heteroatoms. The lowest BCUT2D eigenvalue weighted by Gasteiger charge is -2.31. The fourth-order valence-electron chi connectivity index (χ4n) is 4.39. The van der Waals surface area contributed by atoms with Gasteiger partial charge in [0.05, 0.1) is 18.1 Å². The number of halogens is 1. The van der Waals surface area contributed by atoms with Crippen molar-refractivity contribution in [1.82, 2.24) is 19.4 Å². The van der Waals surface area contributed by atoms with Gasteiger partial charge in [-0.3, -0.25) is 4.79 Å². The Kier molecular flexibility index (Phi) is 6.92. The molecule has 35 heavy (non-hydrogen) atoms. The molecule has 1 unspecified atom stereocenters. The van der Waals surface area contributed by atoms with E-state index in [4.69, 9.17) is 4.74 Å². The van der Waals surface area contributed by atoms with Gasteiger partial charge >= 0.3 is 0 Å². The van der Waals surface area contributed by atoms with Crippen LogP contribution in [0.25, 0.3) is 10.6 Å². The Morgan fingerprint density at radius 2 is 1.77 bits per heavy atom. The first-order valence-electron chi connectivity index (χ1n) is 11.5. The molecule has 0 saturated carbocycles. The van der Waals surface area contributed by atoms with Crippen molar-refractivity contribution in [2.45, 2.75) is 23.7 Å². The van der Waals surface area contributed by atoms with Crippen molar-refractivity contribution >= 4 is 27.3 Å². The number of rotatable bonds is 5. The molecule has 2 saturated heterocycles. The van der Waals surface area contributed by atoms with E-state index in [2.05, 4.69) is 10.2 Å². The standard InChI is InChI=1S/C24H25FN4O4S2/c25-21-6-2-1-5-20(21)23-27-26-22(34-23)18-4-3-11-28(16-18)24(30)17-7-9-19(10-8-17)35(31,32)29-12-14-33-15-13-29/h1-2,5-10,18H,3-4,11-16H2. The Balaban J connectivity index is 1.28. The average molecular weight is 517 g/mol. The fourth-order valence-corrected chi connectivity index (χ4v) is 6.80. The lowest BCUT2D eigenvalue weighted by molar-refractivity contribution is 0.0706. The fraction of sp³-hybridized carbons (Fsp3) is 0.375. The van der Waals surface area contributed by atoms with Gasteiger partial charge < -0.3 is 9.64 Å². The summed E-state index contributed by atoms with van der Waals surface area (Å²) in [6.07, 6.45) is 1.68. The van der Waals surface area contributed by atoms with E-state index in [-0.39, 0.29) is 22.5 Å². The van der Waals surface area contributed by atoms with Gasteiger partial charge in [0, 0.05) is 43.2 Å². The van der Waals surface area contributed by atoms with Gasteiger partial charge in [0.1, 0.15) is 10.8 Å². The SMILES string of the molecule is O=C(c1ccc(S(=O)(=O)N2CCOCC2)cc1)N1CCCC(c2nnc(-c3ccccc3F)s2)C1. The van der Waals surface area contributed by atoms with Crippen LogP contribution < -0.4 is 0 Å². The summed E-state index contributed by atoms with van der Waals surface area (Å²) in [6.45, 7) is 2.50. The van der Waals surface area contributed by atoms with Crippen LogP contribution in [-0.2, 0) is 14.8 Å². The average Bonchev–Trinajstić information content (AvgIpc) is 3.39. The number of likely N-dealkylation sites (tertiary alicyclic amines) is 1. The first kappa shape index (κ1) is 24.0. The highest BCUT2D eigenvalue weighted by Crippen LogP contribution is 2.34. The molecule has 184 valence electrons. The molecule has 1 atom stereocenters. The van der Waals surface area contributed by atoms with Gasteiger partial charge in [-0.1, -0.05) is 23.5 Å². The summed E-state index contributed by atoms with van der Waals surface area (Å²) in [5.41, 5.74) is 0.864. The van der Waals surface area contributed by atoms with E-state index < -0.39 is 10.0 Å². The normalized spacial score (nSPS) is 19.6. The number of nitrogens with zero attached hydrogens (tertiary/aromatic N) is 4. The largest absolute Gasteiger partial charge is 0.379 e. The van der Waals surface area contributed by atoms with E-state index in [0.717, 1.165) is 17.8 Å². The van der Waals surface area contributed by atoms with Gasteiger partial charge in [-0.15, -0.1) is 10.2 Å². The molecule has 0 N–H and O–H groups in total. The molecule has 0 aliphatic carbocycles. The Bertz CT molecular complexity index is 1310. The number of carbonyl (C=O) groups excluding carboxylic acids is 1. The maximum atomic E-state index is 14.1. The molecule has 3 heterocycles. The van der Waals surface area contributed by atoms with Crippen molar-refractivity contribution in [3.8, 4) is 10.6 Å². The lowest BCUT2D eigenvalue weighted by Crippen LogP contribution is -2.40. The van der Waals surface area contributed by atoms with Crippen LogP contribution in [0.3, 0.4) is 0 Å². The van der Waals surface area contributed by atoms with Gasteiger partial charge in [0.15, 0.2) is 5.01 Å². The van der Waals surface area contributed by atoms with Crippen LogP contribution in [-0.4, -0.2) is 73.1 Å². The third kappa shape index (κ3) is 4.99. The molecular weight excluding hydrogens is 491 g/mol. The molecule has 8 nitrogen and oxygen atoms in total. The van der Waals surface area contributed by atoms with Crippen molar-refractivity contribution in [2.75, 3.05) is 39.4 Å². The first-order valence-corrected chi connectivity index (χ1v) is 13.7. The number of ether oxygens (including phenoxy) is 1. The number of hydrogen-bond donors (Lipinski definition) is 0. The Morgan fingerprint density at radius 1 is 1.03 bits per heavy atom. The van der Waals surface area contributed by atoms with E-state index in [1.54, 1.807) is 35.2 Å². The molecular formula is C24H25FN4O4S2. The molecule has 3 aromatic rings. The minimum absolute atomic E-state index is 0.0201. The van der Waals surface area contributed by atoms with Crippen LogP contribution >= 0.6 is 11.3 Å². The molecule has 2 aliphatic rings. The summed E-state index contributed by atoms with van der Waals surface area (Å²) in [6, 6.07) is 12.6. The topological polar surface area (TPSA) is 92.7 Å². The molecule has 2 fully saturated rings. The van der Waals surface area contributed by atoms with Crippen molar-refractivity contribution in [3.63, 3.8) is 0 Å². The minimum atomic E-state index is -3.61. The van der Waals surface area contributed by atoms with E-state index in [0.29, 0.717) is 55.5 Å². The number of aromatic nitrogens is 2. The Morgan fingerprint density at radius 3 is 2.51 bits per heavy atom. The lowest BCUT2D eigenvalue weighted by atomic mass is 9.98. The second-order valence-corrected chi connectivity index (χ2v) is 11.5. The zero-order chi connectivity index (χ0) is 24.4. The summed E-state index contributed by atoms with van der Waals surface area (Å²) < 4.78 is 46.4. The summed E-state index contributed by atoms with van der Waals surface area (Å²) in [5, 5.41) is 9.78. The van der Waals surface area contributed by atoms with Crippen molar-refractivity contribution in [3.05, 3.63) is 64.9 Å². The van der Waals surface area contributed by atoms with Gasteiger partial charge in [-0.05, 0) is 49.2 Å². The summed E-state index contributed by atoms with van der Waals surface area (Å²) >= 11 is 1.35. The Labute approximate surface area is 207 Å². The molecule has 0 radical (unpaired) electrons. The third-order valence-corrected chi connectivity index (χ3v) is 9.34. The predicted molar refractivity (Wildman–Crippen MR) is 129 cm³/mol. The third-order valence-electron chi connectivity index (χ3n) is 6.31. The van der Waals surface area contributed by atoms with Crippen molar-refractivity contribution in [2.24, 2.45) is 0 Å². The molecule has 1 aromatic heterocycles. The van der Waals surface area contributed by atoms with Gasteiger partial charge in [-0.25, -0.2) is 12.8 Å². The molecule has 0 spiro atoms. The zero-order valence-electron chi connectivity index (χ0n) is 19.0. The molecule has 0 bridgehead atoms. The quantitative estimate of drug-likeness (QED) is 0.516. The van der Waals surface area contributed by atoms with Gasteiger partial charge in [-0.2, -0.15) is 4.31 Å². The molecule has 2 aliphatic heterocycles. The Hall–Kier alpha value is -2.73. The maximum Gasteiger partial charge on any atom is 0.253 e. The maximum absolute atomic E-state index is 14.1. The van der Waals surface area contributed by atoms with Crippen LogP contribution in [0.1, 0.15) is 34.1 Å². The van der Waals surface area contributed by atoms with Crippen molar-refractivity contribution in [1.29, 1.82) is 0 Å². The highest BCUT2D eigenvalue weighted by atomic mass is 32.2. The minimum Gasteiger partial charge on any atom is -0.379 e. The number of benzene rings is 2. The molecule has 5 rings (SSSR count). The van der Waals surface area contributed by atoms with Crippen LogP contribution in [0.15, 0.2) is 53.4 Å². The number of sulfonamides is 1. The van der Waals surface area contributed by atoms with E-state index in [1.807, 2.05) is 0 Å². The van der Waals surface area contributed by atoms with Crippen LogP contribution in [0.5, 0.6) is 0 Å². The highest BCUT2D eigenvalue weighted by Gasteiger charge is 2.30. The number of hydrogen-bond acceptors (Lipinski definition) is 7. The van der Waals surface area contributed by atoms with Crippen molar-refractivity contribution < 1.29 is 22.3 Å². The number of carbonyl (C=O) groups is 1. The molecule has 1 amide bonds. The second kappa shape index (κ2) is 10.1. The first-order chi connectivity index (χ1) is 16.9. The summed E-state index contributed by atoms with van der Waals surface area (Å²) in [7, 11) is -3.61. The zero-order valence-corrected chi connectivity index (χ0v) is 20.6. The number of morpholine rings is 1. The van der Waals surface area contributed by atoms with Crippen LogP contribution in [0.4, 0.5) is 4.39 Å².